The summed E-state index contributed by atoms with van der Waals surface area (Å²) in [6, 6.07) is 20.1. The molecule has 2 N–H and O–H groups in total. The van der Waals surface area contributed by atoms with Crippen LogP contribution in [0.3, 0.4) is 0 Å². The van der Waals surface area contributed by atoms with Crippen LogP contribution in [0.5, 0.6) is 0 Å². The van der Waals surface area contributed by atoms with Crippen LogP contribution in [0.4, 0.5) is 0 Å². The monoisotopic (exact) mass is 826 g/mol. The van der Waals surface area contributed by atoms with E-state index in [1.807, 2.05) is 0 Å². The SMILES string of the molecule is CC1(C)CCC(C)(C)c2cc([Se]C#Cc3ccc(C(=O)O)cn3)ccc21.CC1(C)CCC(C)(C)c2cc([Se]C#Cc3ccc(C(=O)O)cn3)ccc21. The van der Waals surface area contributed by atoms with Crippen molar-refractivity contribution in [3.8, 4) is 21.5 Å². The molecule has 268 valence electrons. The number of benzene rings is 2. The molecule has 2 aliphatic carbocycles. The summed E-state index contributed by atoms with van der Waals surface area (Å²) >= 11 is 0.0830. The second kappa shape index (κ2) is 15.4. The molecule has 0 saturated heterocycles. The molecule has 0 spiro atoms. The standard InChI is InChI=1S/2C22H23NO2Se/c2*1-21(2)10-11-22(3,4)19-13-17(7-8-18(19)21)26-12-9-16-6-5-15(14-23-16)20(24)25/h2*5-8,13-14H,10-11H2,1-4H3,(H,24,25). The Hall–Kier alpha value is -4.16. The van der Waals surface area contributed by atoms with Crippen molar-refractivity contribution in [3.63, 3.8) is 0 Å². The van der Waals surface area contributed by atoms with Crippen molar-refractivity contribution in [3.05, 3.63) is 118 Å². The van der Waals surface area contributed by atoms with E-state index in [2.05, 4.69) is 123 Å². The number of aromatic nitrogens is 2. The summed E-state index contributed by atoms with van der Waals surface area (Å²) in [6.07, 6.45) is 7.54. The molecule has 4 aromatic rings. The van der Waals surface area contributed by atoms with Crippen LogP contribution in [-0.2, 0) is 21.7 Å². The Labute approximate surface area is 321 Å². The van der Waals surface area contributed by atoms with E-state index >= 15 is 0 Å². The molecule has 2 aliphatic rings. The first-order valence-electron chi connectivity index (χ1n) is 17.4. The second-order valence-electron chi connectivity index (χ2n) is 16.1. The van der Waals surface area contributed by atoms with Gasteiger partial charge in [0.2, 0.25) is 0 Å². The molecule has 0 unspecified atom stereocenters. The van der Waals surface area contributed by atoms with E-state index < -0.39 is 11.9 Å². The van der Waals surface area contributed by atoms with Gasteiger partial charge in [-0.25, -0.2) is 0 Å². The van der Waals surface area contributed by atoms with Crippen LogP contribution in [0.2, 0.25) is 0 Å². The van der Waals surface area contributed by atoms with Crippen molar-refractivity contribution in [2.75, 3.05) is 0 Å². The first-order chi connectivity index (χ1) is 24.4. The second-order valence-corrected chi connectivity index (χ2v) is 19.8. The van der Waals surface area contributed by atoms with E-state index in [1.54, 1.807) is 12.1 Å². The number of hydrogen-bond donors (Lipinski definition) is 2. The summed E-state index contributed by atoms with van der Waals surface area (Å²) in [7, 11) is 0. The molecule has 0 amide bonds. The topological polar surface area (TPSA) is 100 Å². The number of aromatic carboxylic acids is 2. The Morgan fingerprint density at radius 3 is 1.19 bits per heavy atom. The molecule has 6 rings (SSSR count). The van der Waals surface area contributed by atoms with Crippen molar-refractivity contribution in [2.45, 2.75) is 103 Å². The van der Waals surface area contributed by atoms with E-state index in [4.69, 9.17) is 10.2 Å². The zero-order valence-corrected chi connectivity index (χ0v) is 34.6. The molecule has 52 heavy (non-hydrogen) atoms. The fourth-order valence-electron chi connectivity index (χ4n) is 6.72. The van der Waals surface area contributed by atoms with Crippen molar-refractivity contribution in [2.24, 2.45) is 0 Å². The van der Waals surface area contributed by atoms with Crippen LogP contribution in [0.1, 0.15) is 135 Å². The van der Waals surface area contributed by atoms with Crippen molar-refractivity contribution < 1.29 is 19.8 Å². The number of carbonyl (C=O) groups is 2. The Morgan fingerprint density at radius 1 is 0.538 bits per heavy atom. The maximum absolute atomic E-state index is 10.9. The maximum atomic E-state index is 10.9. The van der Waals surface area contributed by atoms with Crippen LogP contribution in [0.25, 0.3) is 0 Å². The van der Waals surface area contributed by atoms with Gasteiger partial charge in [-0.3, -0.25) is 0 Å². The number of fused-ring (bicyclic) bond motifs is 2. The Balaban J connectivity index is 0.000000201. The van der Waals surface area contributed by atoms with Crippen LogP contribution in [-0.4, -0.2) is 62.0 Å². The van der Waals surface area contributed by atoms with Crippen molar-refractivity contribution >= 4 is 50.8 Å². The van der Waals surface area contributed by atoms with E-state index in [1.165, 1.54) is 81.4 Å². The summed E-state index contributed by atoms with van der Waals surface area (Å²) in [6.45, 7) is 18.6. The van der Waals surface area contributed by atoms with Gasteiger partial charge in [0.15, 0.2) is 0 Å². The third kappa shape index (κ3) is 9.25. The number of carboxylic acids is 2. The molecule has 0 saturated carbocycles. The molecule has 2 heterocycles. The third-order valence-electron chi connectivity index (χ3n) is 10.4. The van der Waals surface area contributed by atoms with Crippen LogP contribution in [0.15, 0.2) is 73.1 Å². The fourth-order valence-corrected chi connectivity index (χ4v) is 9.18. The summed E-state index contributed by atoms with van der Waals surface area (Å²) in [5.74, 6) is 4.16. The number of hydrogen-bond acceptors (Lipinski definition) is 4. The zero-order chi connectivity index (χ0) is 37.9. The average Bonchev–Trinajstić information content (AvgIpc) is 3.10. The van der Waals surface area contributed by atoms with Gasteiger partial charge in [-0.1, -0.05) is 0 Å². The van der Waals surface area contributed by atoms with Crippen LogP contribution in [0, 0.1) is 21.5 Å². The Kier molecular flexibility index (Phi) is 11.6. The predicted molar refractivity (Wildman–Crippen MR) is 210 cm³/mol. The summed E-state index contributed by atoms with van der Waals surface area (Å²) in [5, 5.41) is 17.8. The number of nitrogens with zero attached hydrogens (tertiary/aromatic N) is 2. The minimum absolute atomic E-state index is 0.0415. The average molecular weight is 825 g/mol. The molecule has 0 radical (unpaired) electrons. The normalized spacial score (nSPS) is 16.9. The third-order valence-corrected chi connectivity index (χ3v) is 13.3. The molecular weight excluding hydrogens is 778 g/mol. The number of carboxylic acid groups (broad SMARTS) is 2. The summed E-state index contributed by atoms with van der Waals surface area (Å²) in [4.78, 5) is 36.4. The van der Waals surface area contributed by atoms with Gasteiger partial charge < -0.3 is 0 Å². The first-order valence-corrected chi connectivity index (χ1v) is 20.9. The van der Waals surface area contributed by atoms with Crippen molar-refractivity contribution in [1.29, 1.82) is 0 Å². The molecular formula is C44H46N2O4Se2. The van der Waals surface area contributed by atoms with Crippen LogP contribution < -0.4 is 8.92 Å². The minimum atomic E-state index is -0.971. The number of pyridine rings is 2. The predicted octanol–water partition coefficient (Wildman–Crippen LogP) is 6.94. The van der Waals surface area contributed by atoms with Gasteiger partial charge in [-0.05, 0) is 0 Å². The zero-order valence-electron chi connectivity index (χ0n) is 31.2. The fraction of sp³-hybridized carbons (Fsp3) is 0.364. The van der Waals surface area contributed by atoms with Gasteiger partial charge in [-0.15, -0.1) is 0 Å². The van der Waals surface area contributed by atoms with E-state index in [9.17, 15) is 9.59 Å². The molecule has 8 heteroatoms. The molecule has 2 aromatic heterocycles. The van der Waals surface area contributed by atoms with E-state index in [0.29, 0.717) is 11.4 Å². The molecule has 0 bridgehead atoms. The molecule has 0 fully saturated rings. The van der Waals surface area contributed by atoms with E-state index in [0.717, 1.165) is 0 Å². The van der Waals surface area contributed by atoms with Gasteiger partial charge in [-0.2, -0.15) is 0 Å². The quantitative estimate of drug-likeness (QED) is 0.171. The molecule has 2 aromatic carbocycles. The summed E-state index contributed by atoms with van der Waals surface area (Å²) in [5.41, 5.74) is 8.30. The van der Waals surface area contributed by atoms with Crippen LogP contribution >= 0.6 is 0 Å². The van der Waals surface area contributed by atoms with Gasteiger partial charge in [0.05, 0.1) is 0 Å². The van der Waals surface area contributed by atoms with Gasteiger partial charge in [0, 0.05) is 0 Å². The van der Waals surface area contributed by atoms with Gasteiger partial charge >= 0.3 is 323 Å². The molecule has 0 atom stereocenters. The molecule has 0 aliphatic heterocycles. The van der Waals surface area contributed by atoms with Gasteiger partial charge in [0.25, 0.3) is 0 Å². The number of rotatable bonds is 4. The molecule has 6 nitrogen and oxygen atoms in total. The van der Waals surface area contributed by atoms with E-state index in [-0.39, 0.29) is 62.7 Å². The Bertz CT molecular complexity index is 1960. The first kappa shape index (κ1) is 39.1. The summed E-state index contributed by atoms with van der Waals surface area (Å²) < 4.78 is 2.55. The van der Waals surface area contributed by atoms with Gasteiger partial charge in [0.1, 0.15) is 0 Å². The van der Waals surface area contributed by atoms with Crippen molar-refractivity contribution in [1.82, 2.24) is 9.97 Å². The Morgan fingerprint density at radius 2 is 0.885 bits per heavy atom.